The van der Waals surface area contributed by atoms with E-state index < -0.39 is 0 Å². The average Bonchev–Trinajstić information content (AvgIpc) is 2.95. The Balaban J connectivity index is 1.77. The van der Waals surface area contributed by atoms with Crippen LogP contribution in [-0.4, -0.2) is 31.9 Å². The lowest BCUT2D eigenvalue weighted by atomic mass is 10.1. The summed E-state index contributed by atoms with van der Waals surface area (Å²) in [7, 11) is 1.62. The van der Waals surface area contributed by atoms with E-state index in [1.54, 1.807) is 18.2 Å². The van der Waals surface area contributed by atoms with Gasteiger partial charge < -0.3 is 14.4 Å². The van der Waals surface area contributed by atoms with Gasteiger partial charge in [-0.1, -0.05) is 32.0 Å². The summed E-state index contributed by atoms with van der Waals surface area (Å²) in [6.07, 6.45) is 2.69. The highest BCUT2D eigenvalue weighted by atomic mass is 16.5. The zero-order valence-corrected chi connectivity index (χ0v) is 18.4. The number of rotatable bonds is 8. The van der Waals surface area contributed by atoms with Crippen molar-refractivity contribution >= 4 is 17.8 Å². The third-order valence-corrected chi connectivity index (χ3v) is 5.33. The SMILES string of the molecule is COc1cc(C=NC2=C(C)[C@@H](C)N(c3ccccc3)C2=O)ccc1OCCC(C)C. The van der Waals surface area contributed by atoms with Gasteiger partial charge in [0.2, 0.25) is 0 Å². The number of amides is 1. The number of carbonyl (C=O) groups is 1. The number of hydrogen-bond donors (Lipinski definition) is 0. The number of anilines is 1. The molecule has 0 fully saturated rings. The number of hydrogen-bond acceptors (Lipinski definition) is 4. The van der Waals surface area contributed by atoms with E-state index in [-0.39, 0.29) is 11.9 Å². The van der Waals surface area contributed by atoms with Gasteiger partial charge in [-0.2, -0.15) is 0 Å². The fourth-order valence-corrected chi connectivity index (χ4v) is 3.36. The minimum atomic E-state index is -0.0805. The topological polar surface area (TPSA) is 51.1 Å². The van der Waals surface area contributed by atoms with Gasteiger partial charge in [0, 0.05) is 11.9 Å². The maximum Gasteiger partial charge on any atom is 0.277 e. The Morgan fingerprint density at radius 3 is 2.53 bits per heavy atom. The first kappa shape index (κ1) is 21.6. The third-order valence-electron chi connectivity index (χ3n) is 5.33. The number of ether oxygens (including phenoxy) is 2. The molecule has 1 amide bonds. The van der Waals surface area contributed by atoms with Crippen molar-refractivity contribution in [1.82, 2.24) is 0 Å². The molecule has 0 bridgehead atoms. The maximum atomic E-state index is 13.0. The Hall–Kier alpha value is -3.08. The molecule has 1 aliphatic rings. The van der Waals surface area contributed by atoms with Crippen LogP contribution in [0.15, 0.2) is 64.8 Å². The van der Waals surface area contributed by atoms with Crippen molar-refractivity contribution in [3.63, 3.8) is 0 Å². The molecule has 0 unspecified atom stereocenters. The Morgan fingerprint density at radius 2 is 1.87 bits per heavy atom. The van der Waals surface area contributed by atoms with Crippen LogP contribution in [0.1, 0.15) is 39.7 Å². The largest absolute Gasteiger partial charge is 0.493 e. The highest BCUT2D eigenvalue weighted by Crippen LogP contribution is 2.32. The molecule has 1 heterocycles. The molecule has 0 saturated heterocycles. The number of benzene rings is 2. The lowest BCUT2D eigenvalue weighted by Gasteiger charge is -2.22. The van der Waals surface area contributed by atoms with Gasteiger partial charge in [-0.3, -0.25) is 9.79 Å². The van der Waals surface area contributed by atoms with E-state index in [1.165, 1.54) is 0 Å². The molecular weight excluding hydrogens is 376 g/mol. The molecule has 2 aromatic rings. The minimum Gasteiger partial charge on any atom is -0.493 e. The summed E-state index contributed by atoms with van der Waals surface area (Å²) in [5.41, 5.74) is 3.18. The summed E-state index contributed by atoms with van der Waals surface area (Å²) in [6, 6.07) is 15.3. The van der Waals surface area contributed by atoms with Crippen LogP contribution in [0.25, 0.3) is 0 Å². The molecule has 0 N–H and O–H groups in total. The summed E-state index contributed by atoms with van der Waals surface area (Å²) < 4.78 is 11.3. The number of para-hydroxylation sites is 1. The van der Waals surface area contributed by atoms with Crippen LogP contribution in [0.2, 0.25) is 0 Å². The van der Waals surface area contributed by atoms with Gasteiger partial charge in [-0.05, 0) is 67.7 Å². The molecule has 5 nitrogen and oxygen atoms in total. The predicted molar refractivity (Wildman–Crippen MR) is 122 cm³/mol. The van der Waals surface area contributed by atoms with Crippen LogP contribution in [-0.2, 0) is 4.79 Å². The Kier molecular flexibility index (Phi) is 6.93. The van der Waals surface area contributed by atoms with Crippen molar-refractivity contribution in [2.24, 2.45) is 10.9 Å². The second-order valence-corrected chi connectivity index (χ2v) is 7.92. The first-order valence-electron chi connectivity index (χ1n) is 10.4. The quantitative estimate of drug-likeness (QED) is 0.563. The Morgan fingerprint density at radius 1 is 1.13 bits per heavy atom. The Bertz CT molecular complexity index is 948. The van der Waals surface area contributed by atoms with E-state index >= 15 is 0 Å². The van der Waals surface area contributed by atoms with Crippen molar-refractivity contribution in [2.75, 3.05) is 18.6 Å². The third kappa shape index (κ3) is 4.73. The average molecular weight is 407 g/mol. The van der Waals surface area contributed by atoms with E-state index in [0.717, 1.165) is 23.2 Å². The molecule has 2 aromatic carbocycles. The van der Waals surface area contributed by atoms with Crippen LogP contribution < -0.4 is 14.4 Å². The zero-order valence-electron chi connectivity index (χ0n) is 18.4. The van der Waals surface area contributed by atoms with Gasteiger partial charge in [-0.25, -0.2) is 0 Å². The molecule has 30 heavy (non-hydrogen) atoms. The first-order valence-corrected chi connectivity index (χ1v) is 10.4. The molecule has 158 valence electrons. The summed E-state index contributed by atoms with van der Waals surface area (Å²) in [4.78, 5) is 19.3. The number of aliphatic imine (C=N–C) groups is 1. The second kappa shape index (κ2) is 9.61. The molecule has 3 rings (SSSR count). The molecule has 1 aliphatic heterocycles. The van der Waals surface area contributed by atoms with Crippen molar-refractivity contribution < 1.29 is 14.3 Å². The van der Waals surface area contributed by atoms with Gasteiger partial charge in [0.15, 0.2) is 11.5 Å². The minimum absolute atomic E-state index is 0.0293. The molecular formula is C25H30N2O3. The van der Waals surface area contributed by atoms with Gasteiger partial charge in [0.05, 0.1) is 19.8 Å². The fourth-order valence-electron chi connectivity index (χ4n) is 3.36. The molecule has 0 radical (unpaired) electrons. The molecule has 0 saturated carbocycles. The first-order chi connectivity index (χ1) is 14.4. The monoisotopic (exact) mass is 406 g/mol. The van der Waals surface area contributed by atoms with E-state index in [9.17, 15) is 4.79 Å². The van der Waals surface area contributed by atoms with Gasteiger partial charge in [0.25, 0.3) is 5.91 Å². The molecule has 0 spiro atoms. The van der Waals surface area contributed by atoms with Crippen LogP contribution in [0.4, 0.5) is 5.69 Å². The number of carbonyl (C=O) groups excluding carboxylic acids is 1. The smallest absolute Gasteiger partial charge is 0.277 e. The van der Waals surface area contributed by atoms with E-state index in [2.05, 4.69) is 18.8 Å². The van der Waals surface area contributed by atoms with Gasteiger partial charge in [-0.15, -0.1) is 0 Å². The van der Waals surface area contributed by atoms with Crippen LogP contribution >= 0.6 is 0 Å². The van der Waals surface area contributed by atoms with Crippen molar-refractivity contribution in [1.29, 1.82) is 0 Å². The standard InChI is InChI=1S/C25H30N2O3/c1-17(2)13-14-30-22-12-11-20(15-23(22)29-5)16-26-24-18(3)19(4)27(25(24)28)21-9-7-6-8-10-21/h6-12,15-17,19H,13-14H2,1-5H3/t19-/m1/s1. The van der Waals surface area contributed by atoms with Gasteiger partial charge >= 0.3 is 0 Å². The molecule has 0 aliphatic carbocycles. The number of methoxy groups -OCH3 is 1. The summed E-state index contributed by atoms with van der Waals surface area (Å²) in [5.74, 6) is 1.88. The predicted octanol–water partition coefficient (Wildman–Crippen LogP) is 5.25. The molecule has 5 heteroatoms. The lowest BCUT2D eigenvalue weighted by molar-refractivity contribution is -0.114. The second-order valence-electron chi connectivity index (χ2n) is 7.92. The number of nitrogens with zero attached hydrogens (tertiary/aromatic N) is 2. The summed E-state index contributed by atoms with van der Waals surface area (Å²) in [6.45, 7) is 8.97. The normalized spacial score (nSPS) is 16.8. The van der Waals surface area contributed by atoms with Crippen molar-refractivity contribution in [3.05, 3.63) is 65.4 Å². The Labute approximate surface area is 179 Å². The van der Waals surface area contributed by atoms with Crippen molar-refractivity contribution in [3.8, 4) is 11.5 Å². The van der Waals surface area contributed by atoms with E-state index in [1.807, 2.05) is 62.4 Å². The van der Waals surface area contributed by atoms with E-state index in [0.29, 0.717) is 29.7 Å². The summed E-state index contributed by atoms with van der Waals surface area (Å²) in [5, 5.41) is 0. The molecule has 1 atom stereocenters. The van der Waals surface area contributed by atoms with Crippen molar-refractivity contribution in [2.45, 2.75) is 40.2 Å². The highest BCUT2D eigenvalue weighted by Gasteiger charge is 2.35. The van der Waals surface area contributed by atoms with Crippen LogP contribution in [0.3, 0.4) is 0 Å². The highest BCUT2D eigenvalue weighted by molar-refractivity contribution is 6.10. The van der Waals surface area contributed by atoms with Gasteiger partial charge in [0.1, 0.15) is 5.70 Å². The summed E-state index contributed by atoms with van der Waals surface area (Å²) >= 11 is 0. The zero-order chi connectivity index (χ0) is 21.7. The van der Waals surface area contributed by atoms with E-state index in [4.69, 9.17) is 9.47 Å². The van der Waals surface area contributed by atoms with Crippen LogP contribution in [0, 0.1) is 5.92 Å². The lowest BCUT2D eigenvalue weighted by Crippen LogP contribution is -2.33. The maximum absolute atomic E-state index is 13.0. The fraction of sp³-hybridized carbons (Fsp3) is 0.360. The van der Waals surface area contributed by atoms with Crippen LogP contribution in [0.5, 0.6) is 11.5 Å². The molecule has 0 aromatic heterocycles.